The van der Waals surface area contributed by atoms with Crippen molar-refractivity contribution in [2.24, 2.45) is 0 Å². The molecule has 0 saturated carbocycles. The molecule has 84 valence electrons. The Balaban J connectivity index is 0.00000112. The Morgan fingerprint density at radius 1 is 1.27 bits per heavy atom. The Morgan fingerprint density at radius 2 is 1.93 bits per heavy atom. The third kappa shape index (κ3) is 2.74. The van der Waals surface area contributed by atoms with Crippen molar-refractivity contribution in [3.05, 3.63) is 29.0 Å². The lowest BCUT2D eigenvalue weighted by Crippen LogP contribution is -2.43. The van der Waals surface area contributed by atoms with E-state index in [9.17, 15) is 4.39 Å². The molecule has 0 aromatic heterocycles. The quantitative estimate of drug-likeness (QED) is 0.823. The fraction of sp³-hybridized carbons (Fsp3) is 0.400. The molecular formula is C10H13Cl2FN2. The monoisotopic (exact) mass is 250 g/mol. The van der Waals surface area contributed by atoms with Crippen LogP contribution in [0, 0.1) is 5.82 Å². The second-order valence-electron chi connectivity index (χ2n) is 3.31. The Hall–Kier alpha value is -0.510. The number of nitrogens with zero attached hydrogens (tertiary/aromatic N) is 1. The SMILES string of the molecule is Cl.Fc1c(Cl)cccc1N1CCNCC1. The van der Waals surface area contributed by atoms with Crippen LogP contribution >= 0.6 is 24.0 Å². The zero-order chi connectivity index (χ0) is 9.97. The van der Waals surface area contributed by atoms with E-state index in [-0.39, 0.29) is 23.2 Å². The Labute approximate surface area is 99.8 Å². The van der Waals surface area contributed by atoms with Crippen LogP contribution < -0.4 is 10.2 Å². The Morgan fingerprint density at radius 3 is 2.60 bits per heavy atom. The van der Waals surface area contributed by atoms with E-state index in [1.165, 1.54) is 0 Å². The van der Waals surface area contributed by atoms with Crippen LogP contribution in [0.5, 0.6) is 0 Å². The van der Waals surface area contributed by atoms with Crippen LogP contribution in [-0.4, -0.2) is 26.2 Å². The third-order valence-electron chi connectivity index (χ3n) is 2.39. The largest absolute Gasteiger partial charge is 0.367 e. The molecule has 1 aliphatic rings. The highest BCUT2D eigenvalue weighted by molar-refractivity contribution is 6.31. The molecule has 0 spiro atoms. The van der Waals surface area contributed by atoms with Crippen LogP contribution in [0.4, 0.5) is 10.1 Å². The minimum absolute atomic E-state index is 0. The first-order valence-electron chi connectivity index (χ1n) is 4.69. The van der Waals surface area contributed by atoms with Gasteiger partial charge in [-0.1, -0.05) is 17.7 Å². The van der Waals surface area contributed by atoms with Crippen molar-refractivity contribution in [2.45, 2.75) is 0 Å². The van der Waals surface area contributed by atoms with E-state index in [0.717, 1.165) is 26.2 Å². The van der Waals surface area contributed by atoms with Gasteiger partial charge < -0.3 is 10.2 Å². The molecule has 1 fully saturated rings. The maximum atomic E-state index is 13.6. The van der Waals surface area contributed by atoms with Crippen LogP contribution in [0.2, 0.25) is 5.02 Å². The highest BCUT2D eigenvalue weighted by atomic mass is 35.5. The summed E-state index contributed by atoms with van der Waals surface area (Å²) in [4.78, 5) is 2.01. The molecule has 0 atom stereocenters. The number of nitrogens with one attached hydrogen (secondary N) is 1. The third-order valence-corrected chi connectivity index (χ3v) is 2.68. The fourth-order valence-corrected chi connectivity index (χ4v) is 1.81. The number of hydrogen-bond acceptors (Lipinski definition) is 2. The van der Waals surface area contributed by atoms with Crippen molar-refractivity contribution in [1.82, 2.24) is 5.32 Å². The van der Waals surface area contributed by atoms with E-state index in [1.54, 1.807) is 18.2 Å². The zero-order valence-electron chi connectivity index (χ0n) is 8.17. The molecule has 2 nitrogen and oxygen atoms in total. The van der Waals surface area contributed by atoms with Gasteiger partial charge in [0, 0.05) is 26.2 Å². The summed E-state index contributed by atoms with van der Waals surface area (Å²) in [6, 6.07) is 5.12. The molecule has 1 aromatic carbocycles. The van der Waals surface area contributed by atoms with E-state index >= 15 is 0 Å². The van der Waals surface area contributed by atoms with Gasteiger partial charge in [0.15, 0.2) is 5.82 Å². The van der Waals surface area contributed by atoms with Crippen LogP contribution in [0.1, 0.15) is 0 Å². The standard InChI is InChI=1S/C10H12ClFN2.ClH/c11-8-2-1-3-9(10(8)12)14-6-4-13-5-7-14;/h1-3,13H,4-7H2;1H. The van der Waals surface area contributed by atoms with Gasteiger partial charge in [-0.05, 0) is 12.1 Å². The summed E-state index contributed by atoms with van der Waals surface area (Å²) in [7, 11) is 0. The molecule has 0 amide bonds. The average molecular weight is 251 g/mol. The molecular weight excluding hydrogens is 238 g/mol. The number of benzene rings is 1. The van der Waals surface area contributed by atoms with Crippen LogP contribution in [0.25, 0.3) is 0 Å². The summed E-state index contributed by atoms with van der Waals surface area (Å²) in [5.41, 5.74) is 0.610. The van der Waals surface area contributed by atoms with Gasteiger partial charge in [-0.25, -0.2) is 4.39 Å². The zero-order valence-corrected chi connectivity index (χ0v) is 9.74. The Bertz CT molecular complexity index is 327. The summed E-state index contributed by atoms with van der Waals surface area (Å²) < 4.78 is 13.6. The molecule has 1 N–H and O–H groups in total. The van der Waals surface area contributed by atoms with Crippen molar-refractivity contribution in [2.75, 3.05) is 31.1 Å². The van der Waals surface area contributed by atoms with Gasteiger partial charge in [-0.3, -0.25) is 0 Å². The molecule has 1 saturated heterocycles. The van der Waals surface area contributed by atoms with Crippen molar-refractivity contribution in [3.8, 4) is 0 Å². The lowest BCUT2D eigenvalue weighted by molar-refractivity contribution is 0.566. The van der Waals surface area contributed by atoms with E-state index < -0.39 is 0 Å². The predicted molar refractivity (Wildman–Crippen MR) is 63.7 cm³/mol. The van der Waals surface area contributed by atoms with E-state index in [4.69, 9.17) is 11.6 Å². The molecule has 0 unspecified atom stereocenters. The van der Waals surface area contributed by atoms with Gasteiger partial charge in [0.2, 0.25) is 0 Å². The van der Waals surface area contributed by atoms with Gasteiger partial charge in [-0.2, -0.15) is 0 Å². The molecule has 5 heteroatoms. The second kappa shape index (κ2) is 5.54. The molecule has 2 rings (SSSR count). The van der Waals surface area contributed by atoms with Gasteiger partial charge in [0.1, 0.15) is 0 Å². The molecule has 0 bridgehead atoms. The summed E-state index contributed by atoms with van der Waals surface area (Å²) >= 11 is 5.72. The Kier molecular flexibility index (Phi) is 4.64. The molecule has 1 aromatic rings. The van der Waals surface area contributed by atoms with Gasteiger partial charge in [0.05, 0.1) is 10.7 Å². The second-order valence-corrected chi connectivity index (χ2v) is 3.72. The van der Waals surface area contributed by atoms with Gasteiger partial charge in [-0.15, -0.1) is 12.4 Å². The molecule has 1 aliphatic heterocycles. The summed E-state index contributed by atoms with van der Waals surface area (Å²) in [5, 5.41) is 3.42. The van der Waals surface area contributed by atoms with Crippen molar-refractivity contribution < 1.29 is 4.39 Å². The smallest absolute Gasteiger partial charge is 0.165 e. The van der Waals surface area contributed by atoms with Crippen LogP contribution in [0.15, 0.2) is 18.2 Å². The predicted octanol–water partition coefficient (Wildman–Crippen LogP) is 2.31. The molecule has 15 heavy (non-hydrogen) atoms. The van der Waals surface area contributed by atoms with Crippen LogP contribution in [0.3, 0.4) is 0 Å². The number of halogens is 3. The first-order chi connectivity index (χ1) is 6.79. The summed E-state index contributed by atoms with van der Waals surface area (Å²) in [6.45, 7) is 3.45. The highest BCUT2D eigenvalue weighted by Gasteiger charge is 2.15. The number of hydrogen-bond donors (Lipinski definition) is 1. The topological polar surface area (TPSA) is 15.3 Å². The van der Waals surface area contributed by atoms with E-state index in [1.807, 2.05) is 4.90 Å². The normalized spacial score (nSPS) is 16.0. The summed E-state index contributed by atoms with van der Waals surface area (Å²) in [5.74, 6) is -0.309. The molecule has 1 heterocycles. The van der Waals surface area contributed by atoms with E-state index in [2.05, 4.69) is 5.32 Å². The van der Waals surface area contributed by atoms with Crippen LogP contribution in [-0.2, 0) is 0 Å². The lowest BCUT2D eigenvalue weighted by Gasteiger charge is -2.29. The van der Waals surface area contributed by atoms with Crippen molar-refractivity contribution in [3.63, 3.8) is 0 Å². The number of anilines is 1. The first-order valence-corrected chi connectivity index (χ1v) is 5.06. The van der Waals surface area contributed by atoms with Gasteiger partial charge >= 0.3 is 0 Å². The summed E-state index contributed by atoms with van der Waals surface area (Å²) in [6.07, 6.45) is 0. The van der Waals surface area contributed by atoms with E-state index in [0.29, 0.717) is 5.69 Å². The molecule has 0 aliphatic carbocycles. The minimum Gasteiger partial charge on any atom is -0.367 e. The first kappa shape index (κ1) is 12.6. The number of rotatable bonds is 1. The number of piperazine rings is 1. The maximum absolute atomic E-state index is 13.6. The maximum Gasteiger partial charge on any atom is 0.165 e. The van der Waals surface area contributed by atoms with Gasteiger partial charge in [0.25, 0.3) is 0 Å². The lowest BCUT2D eigenvalue weighted by atomic mass is 10.2. The van der Waals surface area contributed by atoms with Crippen molar-refractivity contribution in [1.29, 1.82) is 0 Å². The molecule has 0 radical (unpaired) electrons. The average Bonchev–Trinajstić information content (AvgIpc) is 2.23. The van der Waals surface area contributed by atoms with Crippen molar-refractivity contribution >= 4 is 29.7 Å². The highest BCUT2D eigenvalue weighted by Crippen LogP contribution is 2.25. The minimum atomic E-state index is -0.309. The fourth-order valence-electron chi connectivity index (χ4n) is 1.64.